The van der Waals surface area contributed by atoms with Crippen molar-refractivity contribution in [3.63, 3.8) is 0 Å². The minimum Gasteiger partial charge on any atom is -0.369 e. The van der Waals surface area contributed by atoms with Crippen LogP contribution in [-0.2, 0) is 11.3 Å². The van der Waals surface area contributed by atoms with Gasteiger partial charge in [-0.15, -0.1) is 0 Å². The lowest BCUT2D eigenvalue weighted by atomic mass is 10.1. The second-order valence-corrected chi connectivity index (χ2v) is 4.78. The summed E-state index contributed by atoms with van der Waals surface area (Å²) in [5.41, 5.74) is 11.6. The molecule has 0 saturated heterocycles. The van der Waals surface area contributed by atoms with E-state index in [9.17, 15) is 9.18 Å². The number of hydrogen-bond donors (Lipinski definition) is 2. The van der Waals surface area contributed by atoms with Gasteiger partial charge in [-0.1, -0.05) is 17.9 Å². The number of halogens is 1. The summed E-state index contributed by atoms with van der Waals surface area (Å²) in [5, 5.41) is 0. The van der Waals surface area contributed by atoms with Crippen molar-refractivity contribution in [2.75, 3.05) is 13.1 Å². The fraction of sp³-hybridized carbons (Fsp3) is 0.400. The van der Waals surface area contributed by atoms with E-state index in [0.717, 1.165) is 0 Å². The minimum absolute atomic E-state index is 0.0959. The molecule has 0 aliphatic rings. The normalized spacial score (nSPS) is 10.5. The van der Waals surface area contributed by atoms with Gasteiger partial charge in [0, 0.05) is 23.7 Å². The Morgan fingerprint density at radius 3 is 2.65 bits per heavy atom. The van der Waals surface area contributed by atoms with Gasteiger partial charge in [-0.25, -0.2) is 4.39 Å². The Hall–Kier alpha value is -1.90. The van der Waals surface area contributed by atoms with Crippen LogP contribution in [0.5, 0.6) is 0 Å². The summed E-state index contributed by atoms with van der Waals surface area (Å²) in [6.07, 6.45) is 0. The summed E-state index contributed by atoms with van der Waals surface area (Å²) in [6, 6.07) is 4.88. The van der Waals surface area contributed by atoms with E-state index in [2.05, 4.69) is 11.8 Å². The molecular weight excluding hydrogens is 257 g/mol. The fourth-order valence-electron chi connectivity index (χ4n) is 1.75. The number of hydrogen-bond acceptors (Lipinski definition) is 3. The van der Waals surface area contributed by atoms with Gasteiger partial charge in [0.05, 0.1) is 13.1 Å². The van der Waals surface area contributed by atoms with Crippen molar-refractivity contribution in [1.29, 1.82) is 0 Å². The van der Waals surface area contributed by atoms with Crippen LogP contribution in [0.1, 0.15) is 25.0 Å². The molecule has 1 amide bonds. The molecule has 4 nitrogen and oxygen atoms in total. The summed E-state index contributed by atoms with van der Waals surface area (Å²) in [5.74, 6) is 4.68. The van der Waals surface area contributed by atoms with E-state index in [1.165, 1.54) is 6.07 Å². The van der Waals surface area contributed by atoms with Crippen molar-refractivity contribution in [1.82, 2.24) is 4.90 Å². The van der Waals surface area contributed by atoms with Crippen LogP contribution in [0, 0.1) is 17.7 Å². The molecule has 0 radical (unpaired) electrons. The molecule has 1 aromatic rings. The van der Waals surface area contributed by atoms with Gasteiger partial charge >= 0.3 is 0 Å². The van der Waals surface area contributed by atoms with Gasteiger partial charge in [-0.05, 0) is 26.0 Å². The van der Waals surface area contributed by atoms with Gasteiger partial charge in [-0.3, -0.25) is 9.69 Å². The highest BCUT2D eigenvalue weighted by molar-refractivity contribution is 5.75. The molecule has 0 saturated carbocycles. The number of primary amides is 1. The zero-order valence-corrected chi connectivity index (χ0v) is 11.8. The Morgan fingerprint density at radius 2 is 2.15 bits per heavy atom. The van der Waals surface area contributed by atoms with Crippen LogP contribution in [0.4, 0.5) is 4.39 Å². The molecule has 0 fully saturated rings. The number of nitrogens with two attached hydrogens (primary N) is 2. The number of rotatable bonds is 5. The van der Waals surface area contributed by atoms with Crippen molar-refractivity contribution in [2.45, 2.75) is 26.4 Å². The number of amides is 1. The van der Waals surface area contributed by atoms with Crippen LogP contribution in [0.3, 0.4) is 0 Å². The predicted octanol–water partition coefficient (Wildman–Crippen LogP) is 0.832. The van der Waals surface area contributed by atoms with E-state index >= 15 is 0 Å². The molecular formula is C15H20FN3O. The van der Waals surface area contributed by atoms with E-state index in [4.69, 9.17) is 11.5 Å². The second kappa shape index (κ2) is 7.63. The van der Waals surface area contributed by atoms with Crippen molar-refractivity contribution < 1.29 is 9.18 Å². The first-order valence-corrected chi connectivity index (χ1v) is 6.43. The molecule has 0 aromatic heterocycles. The third kappa shape index (κ3) is 5.00. The highest BCUT2D eigenvalue weighted by Gasteiger charge is 2.14. The summed E-state index contributed by atoms with van der Waals surface area (Å²) in [4.78, 5) is 12.8. The Labute approximate surface area is 118 Å². The topological polar surface area (TPSA) is 72.3 Å². The molecule has 0 bridgehead atoms. The standard InChI is InChI=1S/C15H20FN3O/c1-11(2)19(10-15(18)20)9-13-6-5-12(4-3-7-17)8-14(13)16/h5-6,8,11H,7,9-10,17H2,1-2H3,(H2,18,20). The summed E-state index contributed by atoms with van der Waals surface area (Å²) in [7, 11) is 0. The third-order valence-corrected chi connectivity index (χ3v) is 2.85. The molecule has 4 N–H and O–H groups in total. The zero-order chi connectivity index (χ0) is 15.1. The Morgan fingerprint density at radius 1 is 1.45 bits per heavy atom. The molecule has 1 rings (SSSR count). The lowest BCUT2D eigenvalue weighted by Gasteiger charge is -2.25. The number of carbonyl (C=O) groups excluding carboxylic acids is 1. The van der Waals surface area contributed by atoms with Gasteiger partial charge in [0.2, 0.25) is 5.91 Å². The summed E-state index contributed by atoms with van der Waals surface area (Å²) >= 11 is 0. The smallest absolute Gasteiger partial charge is 0.231 e. The van der Waals surface area contributed by atoms with Gasteiger partial charge in [0.25, 0.3) is 0 Å². The lowest BCUT2D eigenvalue weighted by Crippen LogP contribution is -2.38. The van der Waals surface area contributed by atoms with Crippen molar-refractivity contribution >= 4 is 5.91 Å². The van der Waals surface area contributed by atoms with Gasteiger partial charge in [0.15, 0.2) is 0 Å². The van der Waals surface area contributed by atoms with Crippen LogP contribution >= 0.6 is 0 Å². The van der Waals surface area contributed by atoms with E-state index < -0.39 is 5.91 Å². The Bertz CT molecular complexity index is 532. The van der Waals surface area contributed by atoms with Crippen LogP contribution in [0.15, 0.2) is 18.2 Å². The molecule has 5 heteroatoms. The first-order valence-electron chi connectivity index (χ1n) is 6.43. The fourth-order valence-corrected chi connectivity index (χ4v) is 1.75. The molecule has 0 aliphatic carbocycles. The maximum atomic E-state index is 14.0. The van der Waals surface area contributed by atoms with Crippen molar-refractivity contribution in [3.05, 3.63) is 35.1 Å². The molecule has 0 aliphatic heterocycles. The number of benzene rings is 1. The SMILES string of the molecule is CC(C)N(CC(N)=O)Cc1ccc(C#CCN)cc1F. The maximum Gasteiger partial charge on any atom is 0.231 e. The second-order valence-electron chi connectivity index (χ2n) is 4.78. The highest BCUT2D eigenvalue weighted by atomic mass is 19.1. The van der Waals surface area contributed by atoms with Gasteiger partial charge < -0.3 is 11.5 Å². The van der Waals surface area contributed by atoms with E-state index in [0.29, 0.717) is 17.7 Å². The van der Waals surface area contributed by atoms with Crippen LogP contribution in [-0.4, -0.2) is 29.9 Å². The summed E-state index contributed by atoms with van der Waals surface area (Å²) in [6.45, 7) is 4.54. The molecule has 20 heavy (non-hydrogen) atoms. The van der Waals surface area contributed by atoms with Crippen LogP contribution in [0.2, 0.25) is 0 Å². The van der Waals surface area contributed by atoms with Crippen molar-refractivity contribution in [2.24, 2.45) is 11.5 Å². The largest absolute Gasteiger partial charge is 0.369 e. The van der Waals surface area contributed by atoms with E-state index in [1.807, 2.05) is 18.7 Å². The first-order chi connectivity index (χ1) is 9.43. The average molecular weight is 277 g/mol. The zero-order valence-electron chi connectivity index (χ0n) is 11.8. The minimum atomic E-state index is -0.426. The average Bonchev–Trinajstić information content (AvgIpc) is 2.37. The molecule has 0 atom stereocenters. The monoisotopic (exact) mass is 277 g/mol. The van der Waals surface area contributed by atoms with Crippen LogP contribution < -0.4 is 11.5 Å². The van der Waals surface area contributed by atoms with Gasteiger partial charge in [0.1, 0.15) is 5.82 Å². The molecule has 108 valence electrons. The summed E-state index contributed by atoms with van der Waals surface area (Å²) < 4.78 is 14.0. The highest BCUT2D eigenvalue weighted by Crippen LogP contribution is 2.14. The quantitative estimate of drug-likeness (QED) is 0.783. The third-order valence-electron chi connectivity index (χ3n) is 2.85. The van der Waals surface area contributed by atoms with E-state index in [-0.39, 0.29) is 24.9 Å². The van der Waals surface area contributed by atoms with Crippen LogP contribution in [0.25, 0.3) is 0 Å². The lowest BCUT2D eigenvalue weighted by molar-refractivity contribution is -0.119. The number of carbonyl (C=O) groups is 1. The Balaban J connectivity index is 2.88. The molecule has 1 aromatic carbocycles. The first kappa shape index (κ1) is 16.2. The van der Waals surface area contributed by atoms with Gasteiger partial charge in [-0.2, -0.15) is 0 Å². The van der Waals surface area contributed by atoms with Crippen molar-refractivity contribution in [3.8, 4) is 11.8 Å². The maximum absolute atomic E-state index is 14.0. The van der Waals surface area contributed by atoms with E-state index in [1.54, 1.807) is 12.1 Å². The molecule has 0 unspecified atom stereocenters. The number of nitrogens with zero attached hydrogens (tertiary/aromatic N) is 1. The Kier molecular flexibility index (Phi) is 6.16. The predicted molar refractivity (Wildman–Crippen MR) is 77.1 cm³/mol. The molecule has 0 heterocycles. The molecule has 0 spiro atoms.